The normalized spacial score (nSPS) is 9.95. The van der Waals surface area contributed by atoms with Gasteiger partial charge in [-0.3, -0.25) is 9.59 Å². The molecule has 0 saturated carbocycles. The highest BCUT2D eigenvalue weighted by Gasteiger charge is 2.09. The predicted octanol–water partition coefficient (Wildman–Crippen LogP) is 2.53. The van der Waals surface area contributed by atoms with Crippen LogP contribution in [0, 0.1) is 5.82 Å². The maximum absolute atomic E-state index is 13.5. The summed E-state index contributed by atoms with van der Waals surface area (Å²) in [6.45, 7) is 0. The Labute approximate surface area is 108 Å². The van der Waals surface area contributed by atoms with Gasteiger partial charge in [0.1, 0.15) is 23.6 Å². The number of amides is 1. The van der Waals surface area contributed by atoms with Crippen molar-refractivity contribution in [3.05, 3.63) is 59.4 Å². The molecule has 96 valence electrons. The van der Waals surface area contributed by atoms with Gasteiger partial charge in [-0.15, -0.1) is 0 Å². The van der Waals surface area contributed by atoms with Gasteiger partial charge in [-0.1, -0.05) is 0 Å². The molecule has 0 aromatic heterocycles. The second-order valence-corrected chi connectivity index (χ2v) is 3.79. The molecule has 0 fully saturated rings. The minimum atomic E-state index is -0.834. The minimum Gasteiger partial charge on any atom is -0.457 e. The van der Waals surface area contributed by atoms with Gasteiger partial charge in [0.05, 0.1) is 5.56 Å². The van der Waals surface area contributed by atoms with Crippen LogP contribution < -0.4 is 10.5 Å². The second kappa shape index (κ2) is 5.30. The zero-order chi connectivity index (χ0) is 13.8. The SMILES string of the molecule is NC(=O)c1ccc(Oc2ccc(C=O)cc2)cc1F. The van der Waals surface area contributed by atoms with E-state index in [1.165, 1.54) is 12.1 Å². The van der Waals surface area contributed by atoms with Crippen molar-refractivity contribution in [2.75, 3.05) is 0 Å². The molecule has 0 saturated heterocycles. The number of hydrogen-bond acceptors (Lipinski definition) is 3. The zero-order valence-corrected chi connectivity index (χ0v) is 9.80. The molecule has 2 aromatic rings. The van der Waals surface area contributed by atoms with Crippen LogP contribution in [0.3, 0.4) is 0 Å². The lowest BCUT2D eigenvalue weighted by Crippen LogP contribution is -2.12. The van der Waals surface area contributed by atoms with Crippen molar-refractivity contribution < 1.29 is 18.7 Å². The van der Waals surface area contributed by atoms with E-state index in [-0.39, 0.29) is 11.3 Å². The Bertz CT molecular complexity index is 623. The van der Waals surface area contributed by atoms with E-state index in [0.29, 0.717) is 17.6 Å². The minimum absolute atomic E-state index is 0.191. The first-order valence-electron chi connectivity index (χ1n) is 5.42. The number of carbonyl (C=O) groups excluding carboxylic acids is 2. The average molecular weight is 259 g/mol. The van der Waals surface area contributed by atoms with Gasteiger partial charge in [0.15, 0.2) is 0 Å². The van der Waals surface area contributed by atoms with Crippen molar-refractivity contribution in [1.82, 2.24) is 0 Å². The topological polar surface area (TPSA) is 69.4 Å². The first kappa shape index (κ1) is 12.8. The van der Waals surface area contributed by atoms with Crippen LogP contribution in [0.25, 0.3) is 0 Å². The summed E-state index contributed by atoms with van der Waals surface area (Å²) in [5, 5.41) is 0. The summed E-state index contributed by atoms with van der Waals surface area (Å²) in [6, 6.07) is 10.1. The third kappa shape index (κ3) is 2.95. The Hall–Kier alpha value is -2.69. The van der Waals surface area contributed by atoms with Crippen LogP contribution in [-0.4, -0.2) is 12.2 Å². The maximum Gasteiger partial charge on any atom is 0.251 e. The molecular weight excluding hydrogens is 249 g/mol. The quantitative estimate of drug-likeness (QED) is 0.858. The Morgan fingerprint density at radius 3 is 2.26 bits per heavy atom. The van der Waals surface area contributed by atoms with Crippen molar-refractivity contribution >= 4 is 12.2 Å². The van der Waals surface area contributed by atoms with Crippen molar-refractivity contribution in [2.45, 2.75) is 0 Å². The fraction of sp³-hybridized carbons (Fsp3) is 0. The van der Waals surface area contributed by atoms with Gasteiger partial charge in [-0.05, 0) is 36.4 Å². The third-order valence-electron chi connectivity index (χ3n) is 2.46. The molecule has 0 radical (unpaired) electrons. The summed E-state index contributed by atoms with van der Waals surface area (Å²) >= 11 is 0. The van der Waals surface area contributed by atoms with Crippen LogP contribution >= 0.6 is 0 Å². The standard InChI is InChI=1S/C14H10FNO3/c15-13-7-11(5-6-12(13)14(16)18)19-10-3-1-9(8-17)2-4-10/h1-8H,(H2,16,18). The van der Waals surface area contributed by atoms with Crippen molar-refractivity contribution in [1.29, 1.82) is 0 Å². The molecule has 0 spiro atoms. The third-order valence-corrected chi connectivity index (χ3v) is 2.46. The Morgan fingerprint density at radius 1 is 1.11 bits per heavy atom. The molecular formula is C14H10FNO3. The number of nitrogens with two attached hydrogens (primary N) is 1. The van der Waals surface area contributed by atoms with E-state index in [9.17, 15) is 14.0 Å². The van der Waals surface area contributed by atoms with Gasteiger partial charge >= 0.3 is 0 Å². The molecule has 2 N–H and O–H groups in total. The summed E-state index contributed by atoms with van der Waals surface area (Å²) in [5.41, 5.74) is 5.32. The molecule has 0 heterocycles. The molecule has 4 nitrogen and oxygen atoms in total. The molecule has 0 aliphatic heterocycles. The van der Waals surface area contributed by atoms with E-state index < -0.39 is 11.7 Å². The number of halogens is 1. The van der Waals surface area contributed by atoms with Gasteiger partial charge in [0, 0.05) is 11.6 Å². The first-order valence-corrected chi connectivity index (χ1v) is 5.42. The van der Waals surface area contributed by atoms with Gasteiger partial charge in [-0.25, -0.2) is 4.39 Å². The highest BCUT2D eigenvalue weighted by molar-refractivity contribution is 5.93. The molecule has 2 aromatic carbocycles. The smallest absolute Gasteiger partial charge is 0.251 e. The summed E-state index contributed by atoms with van der Waals surface area (Å²) in [5.74, 6) is -0.882. The van der Waals surface area contributed by atoms with Crippen LogP contribution in [0.1, 0.15) is 20.7 Å². The van der Waals surface area contributed by atoms with Crippen LogP contribution in [0.5, 0.6) is 11.5 Å². The number of ether oxygens (including phenoxy) is 1. The van der Waals surface area contributed by atoms with E-state index in [4.69, 9.17) is 10.5 Å². The molecule has 0 unspecified atom stereocenters. The van der Waals surface area contributed by atoms with E-state index in [1.54, 1.807) is 24.3 Å². The number of benzene rings is 2. The molecule has 1 amide bonds. The van der Waals surface area contributed by atoms with Gasteiger partial charge < -0.3 is 10.5 Å². The average Bonchev–Trinajstić information content (AvgIpc) is 2.39. The molecule has 0 aliphatic carbocycles. The van der Waals surface area contributed by atoms with Crippen molar-refractivity contribution in [3.63, 3.8) is 0 Å². The predicted molar refractivity (Wildman–Crippen MR) is 66.8 cm³/mol. The second-order valence-electron chi connectivity index (χ2n) is 3.79. The number of hydrogen-bond donors (Lipinski definition) is 1. The number of rotatable bonds is 4. The molecule has 0 bridgehead atoms. The lowest BCUT2D eigenvalue weighted by Gasteiger charge is -2.07. The van der Waals surface area contributed by atoms with E-state index >= 15 is 0 Å². The highest BCUT2D eigenvalue weighted by atomic mass is 19.1. The van der Waals surface area contributed by atoms with Gasteiger partial charge in [-0.2, -0.15) is 0 Å². The fourth-order valence-corrected chi connectivity index (χ4v) is 1.51. The summed E-state index contributed by atoms with van der Waals surface area (Å²) in [6.07, 6.45) is 0.713. The lowest BCUT2D eigenvalue weighted by molar-refractivity contribution is 0.0996. The molecule has 5 heteroatoms. The van der Waals surface area contributed by atoms with Crippen molar-refractivity contribution in [3.8, 4) is 11.5 Å². The first-order chi connectivity index (χ1) is 9.10. The van der Waals surface area contributed by atoms with E-state index in [2.05, 4.69) is 0 Å². The number of aldehydes is 1. The molecule has 19 heavy (non-hydrogen) atoms. The van der Waals surface area contributed by atoms with Crippen LogP contribution in [-0.2, 0) is 0 Å². The Balaban J connectivity index is 2.21. The largest absolute Gasteiger partial charge is 0.457 e. The van der Waals surface area contributed by atoms with Gasteiger partial charge in [0.2, 0.25) is 0 Å². The Kier molecular flexibility index (Phi) is 3.56. The molecule has 2 rings (SSSR count). The summed E-state index contributed by atoms with van der Waals surface area (Å²) in [7, 11) is 0. The zero-order valence-electron chi connectivity index (χ0n) is 9.80. The van der Waals surface area contributed by atoms with Gasteiger partial charge in [0.25, 0.3) is 5.91 Å². The van der Waals surface area contributed by atoms with Crippen LogP contribution in [0.4, 0.5) is 4.39 Å². The van der Waals surface area contributed by atoms with E-state index in [0.717, 1.165) is 6.07 Å². The maximum atomic E-state index is 13.5. The lowest BCUT2D eigenvalue weighted by atomic mass is 10.2. The summed E-state index contributed by atoms with van der Waals surface area (Å²) < 4.78 is 18.9. The summed E-state index contributed by atoms with van der Waals surface area (Å²) in [4.78, 5) is 21.4. The van der Waals surface area contributed by atoms with E-state index in [1.807, 2.05) is 0 Å². The Morgan fingerprint density at radius 2 is 1.74 bits per heavy atom. The monoisotopic (exact) mass is 259 g/mol. The number of carbonyl (C=O) groups is 2. The van der Waals surface area contributed by atoms with Crippen LogP contribution in [0.15, 0.2) is 42.5 Å². The molecule has 0 aliphatic rings. The fourth-order valence-electron chi connectivity index (χ4n) is 1.51. The number of primary amides is 1. The highest BCUT2D eigenvalue weighted by Crippen LogP contribution is 2.23. The van der Waals surface area contributed by atoms with Crippen molar-refractivity contribution in [2.24, 2.45) is 5.73 Å². The van der Waals surface area contributed by atoms with Crippen LogP contribution in [0.2, 0.25) is 0 Å². The molecule has 0 atom stereocenters.